The highest BCUT2D eigenvalue weighted by Gasteiger charge is 2.30. The molecule has 1 heterocycles. The normalized spacial score (nSPS) is 31.6. The van der Waals surface area contributed by atoms with E-state index in [4.69, 9.17) is 0 Å². The molecule has 2 fully saturated rings. The van der Waals surface area contributed by atoms with Gasteiger partial charge in [-0.2, -0.15) is 0 Å². The van der Waals surface area contributed by atoms with Gasteiger partial charge in [0, 0.05) is 43.8 Å². The summed E-state index contributed by atoms with van der Waals surface area (Å²) in [7, 11) is 0. The van der Waals surface area contributed by atoms with Gasteiger partial charge >= 0.3 is 0 Å². The van der Waals surface area contributed by atoms with Crippen LogP contribution in [0, 0.1) is 0 Å². The summed E-state index contributed by atoms with van der Waals surface area (Å²) in [5, 5.41) is 3.61. The smallest absolute Gasteiger partial charge is 0.0126 e. The average molecular weight is 267 g/mol. The van der Waals surface area contributed by atoms with Gasteiger partial charge in [-0.25, -0.2) is 0 Å². The summed E-state index contributed by atoms with van der Waals surface area (Å²) in [6, 6.07) is 1.65. The maximum atomic E-state index is 3.61. The molecular weight excluding hydrogens is 234 g/mol. The lowest BCUT2D eigenvalue weighted by Crippen LogP contribution is -2.56. The maximum absolute atomic E-state index is 3.61. The summed E-state index contributed by atoms with van der Waals surface area (Å²) in [6.07, 6.45) is 5.54. The van der Waals surface area contributed by atoms with Gasteiger partial charge in [0.1, 0.15) is 0 Å². The van der Waals surface area contributed by atoms with E-state index < -0.39 is 0 Å². The molecule has 2 rings (SSSR count). The van der Waals surface area contributed by atoms with Crippen LogP contribution in [-0.4, -0.2) is 60.1 Å². The molecule has 0 unspecified atom stereocenters. The molecule has 1 aliphatic carbocycles. The van der Waals surface area contributed by atoms with E-state index in [0.717, 1.165) is 18.6 Å². The fraction of sp³-hybridized carbons (Fsp3) is 1.00. The molecule has 19 heavy (non-hydrogen) atoms. The van der Waals surface area contributed by atoms with Crippen LogP contribution in [0.25, 0.3) is 0 Å². The summed E-state index contributed by atoms with van der Waals surface area (Å²) >= 11 is 0. The summed E-state index contributed by atoms with van der Waals surface area (Å²) < 4.78 is 0. The Kier molecular flexibility index (Phi) is 5.27. The average Bonchev–Trinajstić information content (AvgIpc) is 2.39. The molecule has 1 saturated heterocycles. The Balaban J connectivity index is 1.74. The molecule has 0 amide bonds. The van der Waals surface area contributed by atoms with Crippen molar-refractivity contribution in [3.05, 3.63) is 0 Å². The molecule has 0 spiro atoms. The zero-order valence-corrected chi connectivity index (χ0v) is 13.4. The monoisotopic (exact) mass is 267 g/mol. The van der Waals surface area contributed by atoms with Gasteiger partial charge in [0.2, 0.25) is 0 Å². The minimum absolute atomic E-state index is 0.342. The van der Waals surface area contributed by atoms with Crippen LogP contribution in [0.15, 0.2) is 0 Å². The van der Waals surface area contributed by atoms with E-state index in [1.54, 1.807) is 0 Å². The van der Waals surface area contributed by atoms with Crippen molar-refractivity contribution in [2.24, 2.45) is 0 Å². The third-order valence-electron chi connectivity index (χ3n) is 4.97. The summed E-state index contributed by atoms with van der Waals surface area (Å²) in [5.41, 5.74) is 0.342. The predicted molar refractivity (Wildman–Crippen MR) is 82.6 cm³/mol. The van der Waals surface area contributed by atoms with Crippen LogP contribution in [-0.2, 0) is 0 Å². The Morgan fingerprint density at radius 2 is 1.53 bits per heavy atom. The minimum Gasteiger partial charge on any atom is -0.314 e. The zero-order valence-electron chi connectivity index (χ0n) is 13.4. The van der Waals surface area contributed by atoms with Crippen molar-refractivity contribution in [1.82, 2.24) is 15.1 Å². The number of hydrogen-bond acceptors (Lipinski definition) is 3. The van der Waals surface area contributed by atoms with Gasteiger partial charge < -0.3 is 5.32 Å². The zero-order chi connectivity index (χ0) is 13.9. The third kappa shape index (κ3) is 4.17. The molecule has 0 radical (unpaired) electrons. The first-order valence-electron chi connectivity index (χ1n) is 8.23. The van der Waals surface area contributed by atoms with Crippen LogP contribution in [0.2, 0.25) is 0 Å². The number of rotatable bonds is 3. The topological polar surface area (TPSA) is 18.5 Å². The van der Waals surface area contributed by atoms with E-state index in [1.165, 1.54) is 51.9 Å². The number of hydrogen-bond donors (Lipinski definition) is 1. The summed E-state index contributed by atoms with van der Waals surface area (Å²) in [4.78, 5) is 5.39. The van der Waals surface area contributed by atoms with E-state index in [1.807, 2.05) is 0 Å². The van der Waals surface area contributed by atoms with Crippen molar-refractivity contribution >= 4 is 0 Å². The highest BCUT2D eigenvalue weighted by molar-refractivity contribution is 4.88. The summed E-state index contributed by atoms with van der Waals surface area (Å²) in [6.45, 7) is 15.4. The standard InChI is InChI=1S/C16H33N3/c1-5-17-14-6-8-15(9-7-14)18-10-12-19(13-11-18)16(2,3)4/h14-15,17H,5-13H2,1-4H3. The largest absolute Gasteiger partial charge is 0.314 e. The highest BCUT2D eigenvalue weighted by atomic mass is 15.3. The van der Waals surface area contributed by atoms with Crippen molar-refractivity contribution in [2.45, 2.75) is 71.0 Å². The first-order chi connectivity index (χ1) is 9.00. The lowest BCUT2D eigenvalue weighted by atomic mass is 9.89. The van der Waals surface area contributed by atoms with Crippen molar-refractivity contribution in [3.8, 4) is 0 Å². The Morgan fingerprint density at radius 3 is 2.00 bits per heavy atom. The molecule has 0 atom stereocenters. The second-order valence-electron chi connectivity index (χ2n) is 7.26. The SMILES string of the molecule is CCNC1CCC(N2CCN(C(C)(C)C)CC2)CC1. The molecule has 2 aliphatic rings. The van der Waals surface area contributed by atoms with Gasteiger partial charge in [-0.3, -0.25) is 9.80 Å². The summed E-state index contributed by atoms with van der Waals surface area (Å²) in [5.74, 6) is 0. The van der Waals surface area contributed by atoms with Crippen LogP contribution in [0.3, 0.4) is 0 Å². The van der Waals surface area contributed by atoms with E-state index in [-0.39, 0.29) is 0 Å². The van der Waals surface area contributed by atoms with Crippen LogP contribution in [0.5, 0.6) is 0 Å². The maximum Gasteiger partial charge on any atom is 0.0126 e. The molecule has 1 aliphatic heterocycles. The van der Waals surface area contributed by atoms with Gasteiger partial charge in [0.15, 0.2) is 0 Å². The second-order valence-corrected chi connectivity index (χ2v) is 7.26. The first-order valence-corrected chi connectivity index (χ1v) is 8.23. The number of nitrogens with one attached hydrogen (secondary N) is 1. The molecule has 1 saturated carbocycles. The lowest BCUT2D eigenvalue weighted by molar-refractivity contribution is 0.0309. The molecule has 0 aromatic carbocycles. The Labute approximate surface area is 119 Å². The van der Waals surface area contributed by atoms with Gasteiger partial charge in [0.25, 0.3) is 0 Å². The Morgan fingerprint density at radius 1 is 0.947 bits per heavy atom. The first kappa shape index (κ1) is 15.3. The molecule has 0 aromatic heterocycles. The highest BCUT2D eigenvalue weighted by Crippen LogP contribution is 2.25. The van der Waals surface area contributed by atoms with Crippen molar-refractivity contribution in [3.63, 3.8) is 0 Å². The fourth-order valence-corrected chi connectivity index (χ4v) is 3.69. The fourth-order valence-electron chi connectivity index (χ4n) is 3.69. The second kappa shape index (κ2) is 6.55. The predicted octanol–water partition coefficient (Wildman–Crippen LogP) is 2.32. The van der Waals surface area contributed by atoms with Crippen LogP contribution < -0.4 is 5.32 Å². The van der Waals surface area contributed by atoms with E-state index in [2.05, 4.69) is 42.8 Å². The third-order valence-corrected chi connectivity index (χ3v) is 4.97. The molecule has 0 bridgehead atoms. The molecule has 0 aromatic rings. The molecular formula is C16H33N3. The quantitative estimate of drug-likeness (QED) is 0.846. The Hall–Kier alpha value is -0.120. The van der Waals surface area contributed by atoms with Crippen LogP contribution in [0.1, 0.15) is 53.4 Å². The molecule has 1 N–H and O–H groups in total. The lowest BCUT2D eigenvalue weighted by Gasteiger charge is -2.46. The van der Waals surface area contributed by atoms with E-state index >= 15 is 0 Å². The Bertz CT molecular complexity index is 256. The van der Waals surface area contributed by atoms with Crippen molar-refractivity contribution < 1.29 is 0 Å². The van der Waals surface area contributed by atoms with Gasteiger partial charge in [-0.1, -0.05) is 6.92 Å². The van der Waals surface area contributed by atoms with Crippen LogP contribution in [0.4, 0.5) is 0 Å². The van der Waals surface area contributed by atoms with E-state index in [9.17, 15) is 0 Å². The van der Waals surface area contributed by atoms with Crippen LogP contribution >= 0.6 is 0 Å². The molecule has 3 nitrogen and oxygen atoms in total. The van der Waals surface area contributed by atoms with Gasteiger partial charge in [0.05, 0.1) is 0 Å². The van der Waals surface area contributed by atoms with Crippen molar-refractivity contribution in [1.29, 1.82) is 0 Å². The number of piperazine rings is 1. The van der Waals surface area contributed by atoms with E-state index in [0.29, 0.717) is 5.54 Å². The van der Waals surface area contributed by atoms with Crippen molar-refractivity contribution in [2.75, 3.05) is 32.7 Å². The van der Waals surface area contributed by atoms with Gasteiger partial charge in [-0.05, 0) is 53.0 Å². The molecule has 112 valence electrons. The molecule has 3 heteroatoms. The minimum atomic E-state index is 0.342. The number of nitrogens with zero attached hydrogens (tertiary/aromatic N) is 2. The van der Waals surface area contributed by atoms with Gasteiger partial charge in [-0.15, -0.1) is 0 Å².